The zero-order valence-corrected chi connectivity index (χ0v) is 11.1. The second-order valence-corrected chi connectivity index (χ2v) is 5.45. The van der Waals surface area contributed by atoms with Gasteiger partial charge in [0.1, 0.15) is 6.04 Å². The largest absolute Gasteiger partial charge is 0.467 e. The minimum absolute atomic E-state index is 0.00935. The van der Waals surface area contributed by atoms with Gasteiger partial charge in [0.25, 0.3) is 0 Å². The van der Waals surface area contributed by atoms with Gasteiger partial charge in [0.05, 0.1) is 12.5 Å². The van der Waals surface area contributed by atoms with Crippen LogP contribution in [0.1, 0.15) is 32.6 Å². The van der Waals surface area contributed by atoms with E-state index in [4.69, 9.17) is 0 Å². The zero-order valence-electron chi connectivity index (χ0n) is 11.1. The molecule has 1 aliphatic heterocycles. The van der Waals surface area contributed by atoms with Crippen molar-refractivity contribution in [1.82, 2.24) is 10.6 Å². The molecule has 1 aliphatic carbocycles. The molecule has 5 nitrogen and oxygen atoms in total. The van der Waals surface area contributed by atoms with E-state index in [-0.39, 0.29) is 11.3 Å². The van der Waals surface area contributed by atoms with Crippen molar-refractivity contribution >= 4 is 11.9 Å². The van der Waals surface area contributed by atoms with Crippen molar-refractivity contribution in [3.63, 3.8) is 0 Å². The van der Waals surface area contributed by atoms with Crippen molar-refractivity contribution in [2.75, 3.05) is 20.2 Å². The third-order valence-electron chi connectivity index (χ3n) is 4.39. The monoisotopic (exact) mass is 254 g/mol. The first-order valence-electron chi connectivity index (χ1n) is 6.69. The van der Waals surface area contributed by atoms with Crippen LogP contribution in [0.15, 0.2) is 0 Å². The van der Waals surface area contributed by atoms with Gasteiger partial charge >= 0.3 is 5.97 Å². The third-order valence-corrected chi connectivity index (χ3v) is 4.39. The standard InChI is InChI=1S/C13H22N2O3/c1-9(11(16)18-2)15-12(17)13-6-4-3-5-10(13)7-14-8-13/h9-10,14H,3-8H2,1-2H3,(H,15,17)/t9-,10-,13+/m0/s1. The van der Waals surface area contributed by atoms with Gasteiger partial charge in [-0.05, 0) is 32.2 Å². The van der Waals surface area contributed by atoms with E-state index in [0.29, 0.717) is 5.92 Å². The average Bonchev–Trinajstić information content (AvgIpc) is 2.82. The van der Waals surface area contributed by atoms with Crippen molar-refractivity contribution < 1.29 is 14.3 Å². The van der Waals surface area contributed by atoms with E-state index in [9.17, 15) is 9.59 Å². The Balaban J connectivity index is 2.05. The molecule has 1 amide bonds. The second kappa shape index (κ2) is 5.26. The molecule has 2 fully saturated rings. The van der Waals surface area contributed by atoms with Gasteiger partial charge in [0, 0.05) is 6.54 Å². The van der Waals surface area contributed by atoms with E-state index in [0.717, 1.165) is 32.4 Å². The fourth-order valence-corrected chi connectivity index (χ4v) is 3.27. The topological polar surface area (TPSA) is 67.4 Å². The lowest BCUT2D eigenvalue weighted by Gasteiger charge is -2.37. The van der Waals surface area contributed by atoms with Gasteiger partial charge in [0.15, 0.2) is 0 Å². The molecule has 1 saturated heterocycles. The molecule has 102 valence electrons. The average molecular weight is 254 g/mol. The third kappa shape index (κ3) is 2.23. The number of methoxy groups -OCH3 is 1. The van der Waals surface area contributed by atoms with E-state index in [1.54, 1.807) is 6.92 Å². The summed E-state index contributed by atoms with van der Waals surface area (Å²) in [7, 11) is 1.34. The van der Waals surface area contributed by atoms with Crippen LogP contribution in [0, 0.1) is 11.3 Å². The summed E-state index contributed by atoms with van der Waals surface area (Å²) in [5.74, 6) is 0.0317. The molecule has 1 saturated carbocycles. The maximum absolute atomic E-state index is 12.5. The van der Waals surface area contributed by atoms with Crippen LogP contribution in [-0.2, 0) is 14.3 Å². The first kappa shape index (κ1) is 13.3. The molecule has 2 N–H and O–H groups in total. The Hall–Kier alpha value is -1.10. The van der Waals surface area contributed by atoms with Crippen molar-refractivity contribution in [2.45, 2.75) is 38.6 Å². The predicted molar refractivity (Wildman–Crippen MR) is 66.9 cm³/mol. The van der Waals surface area contributed by atoms with E-state index in [1.165, 1.54) is 13.5 Å². The first-order valence-corrected chi connectivity index (χ1v) is 6.69. The highest BCUT2D eigenvalue weighted by molar-refractivity contribution is 5.88. The number of nitrogens with one attached hydrogen (secondary N) is 2. The summed E-state index contributed by atoms with van der Waals surface area (Å²) in [5, 5.41) is 6.13. The molecule has 0 bridgehead atoms. The lowest BCUT2D eigenvalue weighted by Crippen LogP contribution is -2.52. The number of rotatable bonds is 3. The van der Waals surface area contributed by atoms with Gasteiger partial charge in [-0.3, -0.25) is 4.79 Å². The minimum atomic E-state index is -0.569. The van der Waals surface area contributed by atoms with Crippen LogP contribution in [0.4, 0.5) is 0 Å². The van der Waals surface area contributed by atoms with Gasteiger partial charge in [-0.1, -0.05) is 12.8 Å². The molecule has 2 rings (SSSR count). The highest BCUT2D eigenvalue weighted by Crippen LogP contribution is 2.43. The van der Waals surface area contributed by atoms with Crippen LogP contribution in [0.3, 0.4) is 0 Å². The Labute approximate surface area is 108 Å². The summed E-state index contributed by atoms with van der Waals surface area (Å²) in [6.45, 7) is 3.32. The minimum Gasteiger partial charge on any atom is -0.467 e. The molecule has 18 heavy (non-hydrogen) atoms. The summed E-state index contributed by atoms with van der Waals surface area (Å²) < 4.78 is 4.64. The fraction of sp³-hybridized carbons (Fsp3) is 0.846. The highest BCUT2D eigenvalue weighted by Gasteiger charge is 2.50. The highest BCUT2D eigenvalue weighted by atomic mass is 16.5. The number of hydrogen-bond donors (Lipinski definition) is 2. The number of carbonyl (C=O) groups is 2. The fourth-order valence-electron chi connectivity index (χ4n) is 3.27. The summed E-state index contributed by atoms with van der Waals surface area (Å²) in [4.78, 5) is 23.8. The van der Waals surface area contributed by atoms with Gasteiger partial charge in [-0.25, -0.2) is 4.79 Å². The first-order chi connectivity index (χ1) is 8.60. The molecule has 0 unspecified atom stereocenters. The van der Waals surface area contributed by atoms with Crippen molar-refractivity contribution in [3.05, 3.63) is 0 Å². The molecule has 0 aromatic heterocycles. The molecule has 3 atom stereocenters. The van der Waals surface area contributed by atoms with Crippen molar-refractivity contribution in [1.29, 1.82) is 0 Å². The molecule has 0 aromatic carbocycles. The van der Waals surface area contributed by atoms with Crippen molar-refractivity contribution in [2.24, 2.45) is 11.3 Å². The summed E-state index contributed by atoms with van der Waals surface area (Å²) in [5.41, 5.74) is -0.305. The van der Waals surface area contributed by atoms with Gasteiger partial charge in [0.2, 0.25) is 5.91 Å². The molecular weight excluding hydrogens is 232 g/mol. The molecule has 0 aromatic rings. The van der Waals surface area contributed by atoms with Crippen LogP contribution in [0.5, 0.6) is 0 Å². The maximum Gasteiger partial charge on any atom is 0.328 e. The Bertz CT molecular complexity index is 345. The van der Waals surface area contributed by atoms with E-state index in [2.05, 4.69) is 15.4 Å². The molecule has 1 heterocycles. The normalized spacial score (nSPS) is 32.4. The van der Waals surface area contributed by atoms with Crippen LogP contribution >= 0.6 is 0 Å². The molecule has 2 aliphatic rings. The lowest BCUT2D eigenvalue weighted by molar-refractivity contribution is -0.147. The summed E-state index contributed by atoms with van der Waals surface area (Å²) in [6, 6.07) is -0.569. The molecule has 5 heteroatoms. The number of carbonyl (C=O) groups excluding carboxylic acids is 2. The van der Waals surface area contributed by atoms with E-state index in [1.807, 2.05) is 0 Å². The molecule has 0 spiro atoms. The number of amides is 1. The van der Waals surface area contributed by atoms with Crippen LogP contribution in [0.25, 0.3) is 0 Å². The number of hydrogen-bond acceptors (Lipinski definition) is 4. The Morgan fingerprint density at radius 1 is 1.44 bits per heavy atom. The zero-order chi connectivity index (χ0) is 13.2. The van der Waals surface area contributed by atoms with Crippen LogP contribution in [-0.4, -0.2) is 38.1 Å². The second-order valence-electron chi connectivity index (χ2n) is 5.45. The van der Waals surface area contributed by atoms with E-state index >= 15 is 0 Å². The molecule has 0 radical (unpaired) electrons. The SMILES string of the molecule is COC(=O)[C@H](C)NC(=O)[C@@]12CCCC[C@H]1CNC2. The predicted octanol–water partition coefficient (Wildman–Crippen LogP) is 0.444. The number of ether oxygens (including phenoxy) is 1. The smallest absolute Gasteiger partial charge is 0.328 e. The molecular formula is C13H22N2O3. The van der Waals surface area contributed by atoms with Crippen molar-refractivity contribution in [3.8, 4) is 0 Å². The lowest BCUT2D eigenvalue weighted by atomic mass is 9.67. The Morgan fingerprint density at radius 3 is 2.94 bits per heavy atom. The number of fused-ring (bicyclic) bond motifs is 1. The summed E-state index contributed by atoms with van der Waals surface area (Å²) >= 11 is 0. The van der Waals surface area contributed by atoms with Gasteiger partial charge in [-0.2, -0.15) is 0 Å². The quantitative estimate of drug-likeness (QED) is 0.717. The summed E-state index contributed by atoms with van der Waals surface area (Å²) in [6.07, 6.45) is 4.32. The van der Waals surface area contributed by atoms with Gasteiger partial charge in [-0.15, -0.1) is 0 Å². The number of esters is 1. The van der Waals surface area contributed by atoms with Crippen LogP contribution in [0.2, 0.25) is 0 Å². The Kier molecular flexibility index (Phi) is 3.90. The Morgan fingerprint density at radius 2 is 2.22 bits per heavy atom. The maximum atomic E-state index is 12.5. The van der Waals surface area contributed by atoms with E-state index < -0.39 is 12.0 Å². The van der Waals surface area contributed by atoms with Crippen LogP contribution < -0.4 is 10.6 Å². The van der Waals surface area contributed by atoms with Gasteiger partial charge < -0.3 is 15.4 Å².